The highest BCUT2D eigenvalue weighted by Crippen LogP contribution is 2.22. The fourth-order valence-electron chi connectivity index (χ4n) is 3.09. The Labute approximate surface area is 147 Å². The monoisotopic (exact) mass is 338 g/mol. The topological polar surface area (TPSA) is 69.6 Å². The van der Waals surface area contributed by atoms with Crippen molar-refractivity contribution in [3.63, 3.8) is 0 Å². The molecule has 3 rings (SSSR count). The van der Waals surface area contributed by atoms with E-state index in [1.165, 1.54) is 0 Å². The molecule has 0 atom stereocenters. The van der Waals surface area contributed by atoms with Crippen molar-refractivity contribution in [1.29, 1.82) is 0 Å². The molecule has 1 aliphatic rings. The molecule has 2 amide bonds. The van der Waals surface area contributed by atoms with Gasteiger partial charge in [0.05, 0.1) is 6.42 Å². The highest BCUT2D eigenvalue weighted by molar-refractivity contribution is 5.92. The van der Waals surface area contributed by atoms with Crippen LogP contribution in [0.5, 0.6) is 5.75 Å². The number of rotatable bonds is 4. The van der Waals surface area contributed by atoms with E-state index < -0.39 is 0 Å². The van der Waals surface area contributed by atoms with Gasteiger partial charge >= 0.3 is 0 Å². The van der Waals surface area contributed by atoms with Crippen molar-refractivity contribution in [2.75, 3.05) is 18.4 Å². The Morgan fingerprint density at radius 1 is 1.00 bits per heavy atom. The molecule has 0 bridgehead atoms. The first-order valence-corrected chi connectivity index (χ1v) is 8.54. The number of phenols is 1. The third-order valence-corrected chi connectivity index (χ3v) is 4.59. The van der Waals surface area contributed by atoms with Crippen LogP contribution in [0.15, 0.2) is 54.6 Å². The Kier molecular flexibility index (Phi) is 5.33. The minimum Gasteiger partial charge on any atom is -0.508 e. The maximum Gasteiger partial charge on any atom is 0.227 e. The summed E-state index contributed by atoms with van der Waals surface area (Å²) < 4.78 is 0. The number of amides is 2. The number of benzene rings is 2. The molecule has 2 aromatic carbocycles. The van der Waals surface area contributed by atoms with Gasteiger partial charge in [0, 0.05) is 30.3 Å². The molecule has 1 heterocycles. The number of anilines is 1. The molecule has 0 aromatic heterocycles. The standard InChI is InChI=1S/C20H22N2O3/c23-18-9-5-4-6-16(18)14-19(24)22-12-10-15(11-13-22)20(25)21-17-7-2-1-3-8-17/h1-9,15,23H,10-14H2,(H,21,25). The number of nitrogens with zero attached hydrogens (tertiary/aromatic N) is 1. The number of aromatic hydroxyl groups is 1. The van der Waals surface area contributed by atoms with Crippen LogP contribution in [0.3, 0.4) is 0 Å². The zero-order chi connectivity index (χ0) is 17.6. The summed E-state index contributed by atoms with van der Waals surface area (Å²) in [6, 6.07) is 16.3. The van der Waals surface area contributed by atoms with Crippen LogP contribution < -0.4 is 5.32 Å². The first-order chi connectivity index (χ1) is 12.1. The van der Waals surface area contributed by atoms with E-state index in [9.17, 15) is 14.7 Å². The van der Waals surface area contributed by atoms with Gasteiger partial charge in [0.25, 0.3) is 0 Å². The average molecular weight is 338 g/mol. The van der Waals surface area contributed by atoms with Crippen LogP contribution in [0.2, 0.25) is 0 Å². The van der Waals surface area contributed by atoms with Gasteiger partial charge in [-0.25, -0.2) is 0 Å². The van der Waals surface area contributed by atoms with E-state index in [1.807, 2.05) is 36.4 Å². The van der Waals surface area contributed by atoms with E-state index in [1.54, 1.807) is 23.1 Å². The van der Waals surface area contributed by atoms with E-state index in [4.69, 9.17) is 0 Å². The van der Waals surface area contributed by atoms with Gasteiger partial charge in [0.1, 0.15) is 5.75 Å². The summed E-state index contributed by atoms with van der Waals surface area (Å²) in [6.45, 7) is 1.14. The molecule has 0 spiro atoms. The number of carbonyl (C=O) groups excluding carboxylic acids is 2. The Hall–Kier alpha value is -2.82. The first-order valence-electron chi connectivity index (χ1n) is 8.54. The van der Waals surface area contributed by atoms with Crippen LogP contribution in [0.25, 0.3) is 0 Å². The molecule has 0 aliphatic carbocycles. The predicted molar refractivity (Wildman–Crippen MR) is 96.2 cm³/mol. The van der Waals surface area contributed by atoms with Gasteiger partial charge in [0.2, 0.25) is 11.8 Å². The SMILES string of the molecule is O=C(Nc1ccccc1)C1CCN(C(=O)Cc2ccccc2O)CC1. The van der Waals surface area contributed by atoms with Crippen LogP contribution in [-0.2, 0) is 16.0 Å². The number of piperidine rings is 1. The number of hydrogen-bond donors (Lipinski definition) is 2. The molecule has 2 N–H and O–H groups in total. The maximum absolute atomic E-state index is 12.4. The number of likely N-dealkylation sites (tertiary alicyclic amines) is 1. The molecule has 5 heteroatoms. The van der Waals surface area contributed by atoms with Crippen molar-refractivity contribution in [2.24, 2.45) is 5.92 Å². The van der Waals surface area contributed by atoms with Gasteiger partial charge in [-0.15, -0.1) is 0 Å². The number of para-hydroxylation sites is 2. The molecule has 5 nitrogen and oxygen atoms in total. The number of phenolic OH excluding ortho intramolecular Hbond substituents is 1. The summed E-state index contributed by atoms with van der Waals surface area (Å²) >= 11 is 0. The zero-order valence-corrected chi connectivity index (χ0v) is 14.0. The summed E-state index contributed by atoms with van der Waals surface area (Å²) in [5.74, 6) is 0.0739. The molecule has 0 saturated carbocycles. The minimum absolute atomic E-state index is 0.0107. The van der Waals surface area contributed by atoms with Crippen LogP contribution in [0.4, 0.5) is 5.69 Å². The maximum atomic E-state index is 12.4. The Morgan fingerprint density at radius 2 is 1.64 bits per heavy atom. The van der Waals surface area contributed by atoms with Gasteiger partial charge < -0.3 is 15.3 Å². The summed E-state index contributed by atoms with van der Waals surface area (Å²) in [4.78, 5) is 26.5. The molecular formula is C20H22N2O3. The molecular weight excluding hydrogens is 316 g/mol. The van der Waals surface area contributed by atoms with Crippen LogP contribution in [-0.4, -0.2) is 34.9 Å². The first kappa shape index (κ1) is 17.0. The van der Waals surface area contributed by atoms with Crippen LogP contribution >= 0.6 is 0 Å². The van der Waals surface area contributed by atoms with E-state index in [2.05, 4.69) is 5.32 Å². The lowest BCUT2D eigenvalue weighted by Gasteiger charge is -2.31. The number of carbonyl (C=O) groups is 2. The van der Waals surface area contributed by atoms with E-state index in [0.29, 0.717) is 31.5 Å². The summed E-state index contributed by atoms with van der Waals surface area (Å²) in [6.07, 6.45) is 1.50. The lowest BCUT2D eigenvalue weighted by atomic mass is 9.95. The third-order valence-electron chi connectivity index (χ3n) is 4.59. The molecule has 0 unspecified atom stereocenters. The van der Waals surface area contributed by atoms with E-state index in [-0.39, 0.29) is 29.9 Å². The van der Waals surface area contributed by atoms with Gasteiger partial charge in [-0.2, -0.15) is 0 Å². The second-order valence-electron chi connectivity index (χ2n) is 6.32. The van der Waals surface area contributed by atoms with E-state index >= 15 is 0 Å². The quantitative estimate of drug-likeness (QED) is 0.901. The second-order valence-corrected chi connectivity index (χ2v) is 6.32. The lowest BCUT2D eigenvalue weighted by Crippen LogP contribution is -2.42. The van der Waals surface area contributed by atoms with Crippen molar-refractivity contribution in [3.05, 3.63) is 60.2 Å². The minimum atomic E-state index is -0.0746. The largest absolute Gasteiger partial charge is 0.508 e. The highest BCUT2D eigenvalue weighted by atomic mass is 16.3. The number of hydrogen-bond acceptors (Lipinski definition) is 3. The Bertz CT molecular complexity index is 738. The predicted octanol–water partition coefficient (Wildman–Crippen LogP) is 2.81. The molecule has 25 heavy (non-hydrogen) atoms. The highest BCUT2D eigenvalue weighted by Gasteiger charge is 2.27. The second kappa shape index (κ2) is 7.83. The Morgan fingerprint density at radius 3 is 2.32 bits per heavy atom. The van der Waals surface area contributed by atoms with Crippen molar-refractivity contribution in [2.45, 2.75) is 19.3 Å². The summed E-state index contributed by atoms with van der Waals surface area (Å²) in [7, 11) is 0. The molecule has 1 aliphatic heterocycles. The third kappa shape index (κ3) is 4.38. The van der Waals surface area contributed by atoms with Gasteiger partial charge in [0.15, 0.2) is 0 Å². The van der Waals surface area contributed by atoms with Crippen LogP contribution in [0, 0.1) is 5.92 Å². The normalized spacial score (nSPS) is 15.0. The van der Waals surface area contributed by atoms with Gasteiger partial charge in [-0.1, -0.05) is 36.4 Å². The summed E-state index contributed by atoms with van der Waals surface area (Å²) in [5, 5.41) is 12.7. The fourth-order valence-corrected chi connectivity index (χ4v) is 3.09. The molecule has 130 valence electrons. The average Bonchev–Trinajstić information content (AvgIpc) is 2.64. The summed E-state index contributed by atoms with van der Waals surface area (Å²) in [5.41, 5.74) is 1.43. The van der Waals surface area contributed by atoms with Crippen molar-refractivity contribution >= 4 is 17.5 Å². The van der Waals surface area contributed by atoms with Gasteiger partial charge in [-0.3, -0.25) is 9.59 Å². The lowest BCUT2D eigenvalue weighted by molar-refractivity contribution is -0.133. The van der Waals surface area contributed by atoms with Crippen molar-refractivity contribution < 1.29 is 14.7 Å². The smallest absolute Gasteiger partial charge is 0.227 e. The van der Waals surface area contributed by atoms with Crippen molar-refractivity contribution in [3.8, 4) is 5.75 Å². The molecule has 2 aromatic rings. The molecule has 1 fully saturated rings. The van der Waals surface area contributed by atoms with Crippen molar-refractivity contribution in [1.82, 2.24) is 4.90 Å². The Balaban J connectivity index is 1.50. The number of nitrogens with one attached hydrogen (secondary N) is 1. The van der Waals surface area contributed by atoms with Crippen LogP contribution in [0.1, 0.15) is 18.4 Å². The molecule has 1 saturated heterocycles. The van der Waals surface area contributed by atoms with Gasteiger partial charge in [-0.05, 0) is 31.0 Å². The zero-order valence-electron chi connectivity index (χ0n) is 14.0. The van der Waals surface area contributed by atoms with E-state index in [0.717, 1.165) is 5.69 Å². The fraction of sp³-hybridized carbons (Fsp3) is 0.300. The molecule has 0 radical (unpaired) electrons.